The first-order chi connectivity index (χ1) is 16.0. The Hall–Kier alpha value is -2.12. The zero-order chi connectivity index (χ0) is 23.2. The van der Waals surface area contributed by atoms with E-state index in [1.165, 1.54) is 17.3 Å². The van der Waals surface area contributed by atoms with E-state index in [0.717, 1.165) is 30.5 Å². The lowest BCUT2D eigenvalue weighted by atomic mass is 9.97. The zero-order valence-electron chi connectivity index (χ0n) is 18.4. The number of rotatable bonds is 8. The second kappa shape index (κ2) is 11.3. The molecular formula is C25H26Cl2N4OS. The highest BCUT2D eigenvalue weighted by atomic mass is 35.5. The van der Waals surface area contributed by atoms with E-state index < -0.39 is 0 Å². The summed E-state index contributed by atoms with van der Waals surface area (Å²) in [5.74, 6) is 0.825. The highest BCUT2D eigenvalue weighted by Crippen LogP contribution is 2.28. The Kier molecular flexibility index (Phi) is 8.25. The number of aromatic nitrogens is 2. The first kappa shape index (κ1) is 24.0. The number of likely N-dealkylation sites (tertiary alicyclic amines) is 1. The molecule has 8 heteroatoms. The van der Waals surface area contributed by atoms with Gasteiger partial charge >= 0.3 is 0 Å². The molecule has 1 aliphatic rings. The average Bonchev–Trinajstić information content (AvgIpc) is 3.18. The fraction of sp³-hybridized carbons (Fsp3) is 0.320. The maximum absolute atomic E-state index is 12.4. The largest absolute Gasteiger partial charge is 0.354 e. The molecule has 5 nitrogen and oxygen atoms in total. The van der Waals surface area contributed by atoms with E-state index in [2.05, 4.69) is 27.2 Å². The lowest BCUT2D eigenvalue weighted by Crippen LogP contribution is -2.38. The van der Waals surface area contributed by atoms with Crippen molar-refractivity contribution in [3.8, 4) is 11.1 Å². The van der Waals surface area contributed by atoms with Crippen LogP contribution >= 0.6 is 35.0 Å². The number of likely N-dealkylation sites (N-methyl/N-ethyl adjacent to an activating group) is 1. The topological polar surface area (TPSA) is 58.1 Å². The summed E-state index contributed by atoms with van der Waals surface area (Å²) in [6.45, 7) is 1.64. The molecule has 0 radical (unpaired) electrons. The molecule has 1 fully saturated rings. The van der Waals surface area contributed by atoms with Crippen molar-refractivity contribution in [3.63, 3.8) is 0 Å². The van der Waals surface area contributed by atoms with Crippen LogP contribution in [0.1, 0.15) is 12.0 Å². The van der Waals surface area contributed by atoms with Crippen LogP contribution in [-0.2, 0) is 11.2 Å². The summed E-state index contributed by atoms with van der Waals surface area (Å²) in [4.78, 5) is 23.5. The molecule has 33 heavy (non-hydrogen) atoms. The van der Waals surface area contributed by atoms with Gasteiger partial charge in [-0.3, -0.25) is 4.79 Å². The Balaban J connectivity index is 1.20. The number of carbonyl (C=O) groups is 1. The van der Waals surface area contributed by atoms with Gasteiger partial charge in [-0.1, -0.05) is 71.4 Å². The summed E-state index contributed by atoms with van der Waals surface area (Å²) in [7, 11) is 2.11. The highest BCUT2D eigenvalue weighted by molar-refractivity contribution is 7.99. The zero-order valence-corrected chi connectivity index (χ0v) is 20.7. The first-order valence-corrected chi connectivity index (χ1v) is 12.6. The molecule has 0 aliphatic carbocycles. The number of hydrogen-bond acceptors (Lipinski definition) is 5. The molecule has 1 aliphatic heterocycles. The van der Waals surface area contributed by atoms with Crippen LogP contribution in [0.5, 0.6) is 0 Å². The molecule has 4 rings (SSSR count). The lowest BCUT2D eigenvalue weighted by Gasteiger charge is -2.19. The minimum absolute atomic E-state index is 0.00271. The van der Waals surface area contributed by atoms with Gasteiger partial charge in [0.25, 0.3) is 0 Å². The minimum atomic E-state index is -0.00271. The van der Waals surface area contributed by atoms with Crippen LogP contribution in [0, 0.1) is 5.92 Å². The quantitative estimate of drug-likeness (QED) is 0.339. The van der Waals surface area contributed by atoms with Gasteiger partial charge in [0.1, 0.15) is 0 Å². The minimum Gasteiger partial charge on any atom is -0.354 e. The molecule has 1 amide bonds. The van der Waals surface area contributed by atoms with Gasteiger partial charge in [-0.15, -0.1) is 0 Å². The van der Waals surface area contributed by atoms with E-state index in [0.29, 0.717) is 39.5 Å². The molecule has 172 valence electrons. The van der Waals surface area contributed by atoms with Crippen molar-refractivity contribution >= 4 is 40.9 Å². The van der Waals surface area contributed by atoms with Crippen molar-refractivity contribution in [2.45, 2.75) is 24.0 Å². The van der Waals surface area contributed by atoms with E-state index in [1.807, 2.05) is 48.5 Å². The maximum Gasteiger partial charge on any atom is 0.230 e. The van der Waals surface area contributed by atoms with Crippen molar-refractivity contribution in [2.24, 2.45) is 5.92 Å². The monoisotopic (exact) mass is 500 g/mol. The smallest absolute Gasteiger partial charge is 0.230 e. The fourth-order valence-corrected chi connectivity index (χ4v) is 5.10. The second-order valence-corrected chi connectivity index (χ2v) is 10.1. The molecule has 1 saturated heterocycles. The number of halogens is 2. The van der Waals surface area contributed by atoms with Crippen molar-refractivity contribution < 1.29 is 4.79 Å². The summed E-state index contributed by atoms with van der Waals surface area (Å²) in [6.07, 6.45) is 5.58. The van der Waals surface area contributed by atoms with Gasteiger partial charge in [0, 0.05) is 37.1 Å². The highest BCUT2D eigenvalue weighted by Gasteiger charge is 2.29. The summed E-state index contributed by atoms with van der Waals surface area (Å²) >= 11 is 13.5. The first-order valence-electron chi connectivity index (χ1n) is 10.9. The predicted octanol–water partition coefficient (Wildman–Crippen LogP) is 5.22. The number of benzene rings is 2. The molecule has 2 aromatic carbocycles. The summed E-state index contributed by atoms with van der Waals surface area (Å²) in [5, 5.41) is 4.85. The molecule has 0 saturated carbocycles. The normalized spacial score (nSPS) is 18.4. The Morgan fingerprint density at radius 2 is 1.85 bits per heavy atom. The number of nitrogens with zero attached hydrogens (tertiary/aromatic N) is 3. The van der Waals surface area contributed by atoms with Crippen LogP contribution in [0.15, 0.2) is 66.1 Å². The molecule has 2 heterocycles. The van der Waals surface area contributed by atoms with Crippen molar-refractivity contribution in [3.05, 3.63) is 76.5 Å². The Morgan fingerprint density at radius 1 is 1.09 bits per heavy atom. The molecule has 0 spiro atoms. The summed E-state index contributed by atoms with van der Waals surface area (Å²) in [6, 6.07) is 16.2. The Morgan fingerprint density at radius 3 is 2.58 bits per heavy atom. The van der Waals surface area contributed by atoms with E-state index in [9.17, 15) is 4.79 Å². The van der Waals surface area contributed by atoms with Crippen LogP contribution in [-0.4, -0.2) is 52.7 Å². The average molecular weight is 501 g/mol. The molecule has 0 unspecified atom stereocenters. The fourth-order valence-electron chi connectivity index (χ4n) is 4.17. The van der Waals surface area contributed by atoms with Crippen LogP contribution < -0.4 is 5.32 Å². The van der Waals surface area contributed by atoms with Gasteiger partial charge in [0.05, 0.1) is 15.8 Å². The van der Waals surface area contributed by atoms with Crippen molar-refractivity contribution in [2.75, 3.05) is 25.9 Å². The van der Waals surface area contributed by atoms with E-state index in [4.69, 9.17) is 23.2 Å². The van der Waals surface area contributed by atoms with Gasteiger partial charge in [-0.25, -0.2) is 9.97 Å². The summed E-state index contributed by atoms with van der Waals surface area (Å²) in [5.41, 5.74) is 3.23. The van der Waals surface area contributed by atoms with E-state index >= 15 is 0 Å². The lowest BCUT2D eigenvalue weighted by molar-refractivity contribution is -0.118. The molecule has 3 aromatic rings. The number of amides is 1. The van der Waals surface area contributed by atoms with E-state index in [1.54, 1.807) is 12.4 Å². The molecule has 1 N–H and O–H groups in total. The molecule has 1 aromatic heterocycles. The summed E-state index contributed by atoms with van der Waals surface area (Å²) < 4.78 is 0. The Bertz CT molecular complexity index is 1080. The maximum atomic E-state index is 12.4. The number of hydrogen-bond donors (Lipinski definition) is 1. The van der Waals surface area contributed by atoms with Crippen LogP contribution in [0.25, 0.3) is 11.1 Å². The number of nitrogens with one attached hydrogen (secondary N) is 1. The van der Waals surface area contributed by atoms with Crippen LogP contribution in [0.3, 0.4) is 0 Å². The van der Waals surface area contributed by atoms with Gasteiger partial charge in [-0.2, -0.15) is 0 Å². The standard InChI is InChI=1S/C25H26Cl2N4OS/c1-31-15-18(9-17-7-8-22(26)23(27)11-17)10-21(31)14-28-24(32)16-33-25-29-12-20(13-30-25)19-5-3-2-4-6-19/h2-8,11-13,18,21H,9-10,14-16H2,1H3,(H,28,32)/t18-,21+/m0/s1. The number of carbonyl (C=O) groups excluding carboxylic acids is 1. The van der Waals surface area contributed by atoms with Gasteiger partial charge in [0.15, 0.2) is 5.16 Å². The third-order valence-corrected chi connectivity index (χ3v) is 7.50. The SMILES string of the molecule is CN1C[C@@H](Cc2ccc(Cl)c(Cl)c2)C[C@@H]1CNC(=O)CSc1ncc(-c2ccccc2)cn1. The number of thioether (sulfide) groups is 1. The third-order valence-electron chi connectivity index (χ3n) is 5.89. The molecular weight excluding hydrogens is 475 g/mol. The van der Waals surface area contributed by atoms with Gasteiger partial charge < -0.3 is 10.2 Å². The Labute approximate surface area is 208 Å². The van der Waals surface area contributed by atoms with Gasteiger partial charge in [-0.05, 0) is 49.1 Å². The second-order valence-electron chi connectivity index (χ2n) is 8.36. The van der Waals surface area contributed by atoms with Crippen LogP contribution in [0.2, 0.25) is 10.0 Å². The predicted molar refractivity (Wildman–Crippen MR) is 136 cm³/mol. The van der Waals surface area contributed by atoms with Crippen molar-refractivity contribution in [1.82, 2.24) is 20.2 Å². The van der Waals surface area contributed by atoms with Crippen molar-refractivity contribution in [1.29, 1.82) is 0 Å². The van der Waals surface area contributed by atoms with Crippen LogP contribution in [0.4, 0.5) is 0 Å². The molecule has 0 bridgehead atoms. The third kappa shape index (κ3) is 6.70. The van der Waals surface area contributed by atoms with E-state index in [-0.39, 0.29) is 5.91 Å². The van der Waals surface area contributed by atoms with Gasteiger partial charge in [0.2, 0.25) is 5.91 Å². The molecule has 2 atom stereocenters.